The number of hydrogen-bond donors (Lipinski definition) is 1. The van der Waals surface area contributed by atoms with E-state index in [1.54, 1.807) is 0 Å². The van der Waals surface area contributed by atoms with Gasteiger partial charge in [-0.05, 0) is 51.0 Å². The van der Waals surface area contributed by atoms with Gasteiger partial charge in [-0.15, -0.1) is 0 Å². The van der Waals surface area contributed by atoms with Crippen molar-refractivity contribution < 1.29 is 9.47 Å². The molecule has 1 aromatic heterocycles. The van der Waals surface area contributed by atoms with Crippen molar-refractivity contribution in [3.05, 3.63) is 35.5 Å². The van der Waals surface area contributed by atoms with Crippen LogP contribution in [0.2, 0.25) is 0 Å². The van der Waals surface area contributed by atoms with E-state index >= 15 is 0 Å². The van der Waals surface area contributed by atoms with Gasteiger partial charge in [0.25, 0.3) is 0 Å². The van der Waals surface area contributed by atoms with E-state index in [4.69, 9.17) is 9.47 Å². The highest BCUT2D eigenvalue weighted by molar-refractivity contribution is 5.84. The fraction of sp³-hybridized carbons (Fsp3) is 0.556. The molecule has 2 atom stereocenters. The highest BCUT2D eigenvalue weighted by Crippen LogP contribution is 2.40. The lowest BCUT2D eigenvalue weighted by atomic mass is 9.98. The Morgan fingerprint density at radius 2 is 1.62 bits per heavy atom. The zero-order valence-electron chi connectivity index (χ0n) is 13.2. The van der Waals surface area contributed by atoms with Gasteiger partial charge in [0.2, 0.25) is 0 Å². The molecule has 3 heterocycles. The van der Waals surface area contributed by atoms with Crippen LogP contribution < -0.4 is 0 Å². The predicted octanol–water partition coefficient (Wildman–Crippen LogP) is 3.61. The number of fused-ring (bicyclic) bond motifs is 1. The Morgan fingerprint density at radius 3 is 2.24 bits per heavy atom. The zero-order valence-corrected chi connectivity index (χ0v) is 13.2. The maximum atomic E-state index is 5.72. The molecule has 0 saturated carbocycles. The lowest BCUT2D eigenvalue weighted by molar-refractivity contribution is 0.323. The van der Waals surface area contributed by atoms with E-state index in [0.29, 0.717) is 12.2 Å². The summed E-state index contributed by atoms with van der Waals surface area (Å²) in [6, 6.07) is 6.70. The van der Waals surface area contributed by atoms with Gasteiger partial charge >= 0.3 is 0 Å². The third kappa shape index (κ3) is 2.39. The molecule has 3 heteroatoms. The van der Waals surface area contributed by atoms with E-state index in [0.717, 1.165) is 12.8 Å². The molecule has 2 aliphatic heterocycles. The van der Waals surface area contributed by atoms with Crippen molar-refractivity contribution in [3.63, 3.8) is 0 Å². The SMILES string of the molecule is CC1(C)O[C@@H]1Cc1ccc2[nH]cc(C[C@H]3OC3(C)C)c2c1. The Morgan fingerprint density at radius 1 is 1.00 bits per heavy atom. The molecule has 2 fully saturated rings. The first-order chi connectivity index (χ1) is 9.85. The van der Waals surface area contributed by atoms with Crippen LogP contribution in [0.3, 0.4) is 0 Å². The summed E-state index contributed by atoms with van der Waals surface area (Å²) in [6.07, 6.45) is 4.83. The molecule has 0 amide bonds. The molecule has 112 valence electrons. The highest BCUT2D eigenvalue weighted by atomic mass is 16.6. The van der Waals surface area contributed by atoms with Crippen molar-refractivity contribution in [2.45, 2.75) is 63.9 Å². The lowest BCUT2D eigenvalue weighted by Gasteiger charge is -2.02. The van der Waals surface area contributed by atoms with Crippen LogP contribution in [0.15, 0.2) is 24.4 Å². The molecule has 4 rings (SSSR count). The monoisotopic (exact) mass is 285 g/mol. The van der Waals surface area contributed by atoms with E-state index in [1.807, 2.05) is 0 Å². The van der Waals surface area contributed by atoms with Crippen LogP contribution in [0.5, 0.6) is 0 Å². The molecule has 2 aromatic rings. The van der Waals surface area contributed by atoms with E-state index < -0.39 is 0 Å². The second kappa shape index (κ2) is 4.11. The van der Waals surface area contributed by atoms with Crippen molar-refractivity contribution in [1.82, 2.24) is 4.98 Å². The quantitative estimate of drug-likeness (QED) is 0.872. The maximum absolute atomic E-state index is 5.72. The van der Waals surface area contributed by atoms with Crippen LogP contribution in [0.25, 0.3) is 10.9 Å². The maximum Gasteiger partial charge on any atom is 0.0908 e. The fourth-order valence-corrected chi connectivity index (χ4v) is 3.18. The van der Waals surface area contributed by atoms with Gasteiger partial charge in [0, 0.05) is 29.9 Å². The summed E-state index contributed by atoms with van der Waals surface area (Å²) >= 11 is 0. The molecule has 0 radical (unpaired) electrons. The molecule has 0 unspecified atom stereocenters. The first-order valence-corrected chi connectivity index (χ1v) is 7.80. The summed E-state index contributed by atoms with van der Waals surface area (Å²) in [4.78, 5) is 3.37. The minimum atomic E-state index is 0.0487. The fourth-order valence-electron chi connectivity index (χ4n) is 3.18. The molecule has 2 saturated heterocycles. The van der Waals surface area contributed by atoms with Crippen LogP contribution in [-0.2, 0) is 22.3 Å². The zero-order chi connectivity index (χ0) is 14.8. The van der Waals surface area contributed by atoms with Gasteiger partial charge in [-0.1, -0.05) is 6.07 Å². The molecule has 1 aromatic carbocycles. The minimum Gasteiger partial charge on any atom is -0.366 e. The summed E-state index contributed by atoms with van der Waals surface area (Å²) in [5, 5.41) is 1.33. The van der Waals surface area contributed by atoms with Crippen LogP contribution in [0.1, 0.15) is 38.8 Å². The van der Waals surface area contributed by atoms with Gasteiger partial charge < -0.3 is 14.5 Å². The number of aromatic amines is 1. The van der Waals surface area contributed by atoms with Crippen LogP contribution in [-0.4, -0.2) is 28.4 Å². The Balaban J connectivity index is 1.57. The van der Waals surface area contributed by atoms with Crippen LogP contribution in [0.4, 0.5) is 0 Å². The standard InChI is InChI=1S/C18H23NO2/c1-17(2)15(20-17)8-11-5-6-14-13(7-11)12(10-19-14)9-16-18(3,4)21-16/h5-7,10,15-16,19H,8-9H2,1-4H3/t15-,16-/m1/s1. The normalized spacial score (nSPS) is 28.8. The summed E-state index contributed by atoms with van der Waals surface area (Å²) in [5.74, 6) is 0. The van der Waals surface area contributed by atoms with Crippen molar-refractivity contribution in [2.75, 3.05) is 0 Å². The number of rotatable bonds is 4. The first kappa shape index (κ1) is 13.4. The Bertz CT molecular complexity index is 698. The van der Waals surface area contributed by atoms with E-state index in [2.05, 4.69) is 57.1 Å². The average Bonchev–Trinajstić information content (AvgIpc) is 3.11. The Labute approximate surface area is 125 Å². The minimum absolute atomic E-state index is 0.0487. The van der Waals surface area contributed by atoms with E-state index in [-0.39, 0.29) is 11.2 Å². The number of H-pyrrole nitrogens is 1. The van der Waals surface area contributed by atoms with Crippen LogP contribution in [0, 0.1) is 0 Å². The van der Waals surface area contributed by atoms with Crippen molar-refractivity contribution in [1.29, 1.82) is 0 Å². The predicted molar refractivity (Wildman–Crippen MR) is 83.6 cm³/mol. The molecule has 0 bridgehead atoms. The van der Waals surface area contributed by atoms with Gasteiger partial charge in [-0.3, -0.25) is 0 Å². The van der Waals surface area contributed by atoms with Gasteiger partial charge in [0.05, 0.1) is 23.4 Å². The molecule has 0 aliphatic carbocycles. The Hall–Kier alpha value is -1.32. The summed E-state index contributed by atoms with van der Waals surface area (Å²) in [6.45, 7) is 8.63. The van der Waals surface area contributed by atoms with Gasteiger partial charge in [-0.2, -0.15) is 0 Å². The summed E-state index contributed by atoms with van der Waals surface area (Å²) in [5.41, 5.74) is 4.03. The number of nitrogens with one attached hydrogen (secondary N) is 1. The average molecular weight is 285 g/mol. The van der Waals surface area contributed by atoms with Gasteiger partial charge in [-0.25, -0.2) is 0 Å². The van der Waals surface area contributed by atoms with Crippen LogP contribution >= 0.6 is 0 Å². The molecule has 3 nitrogen and oxygen atoms in total. The largest absolute Gasteiger partial charge is 0.366 e. The number of benzene rings is 1. The lowest BCUT2D eigenvalue weighted by Crippen LogP contribution is -2.06. The third-order valence-electron chi connectivity index (χ3n) is 4.99. The van der Waals surface area contributed by atoms with Crippen molar-refractivity contribution in [2.24, 2.45) is 0 Å². The van der Waals surface area contributed by atoms with E-state index in [9.17, 15) is 0 Å². The number of ether oxygens (including phenoxy) is 2. The Kier molecular flexibility index (Phi) is 2.61. The molecule has 21 heavy (non-hydrogen) atoms. The van der Waals surface area contributed by atoms with Crippen molar-refractivity contribution >= 4 is 10.9 Å². The second-order valence-electron chi connectivity index (χ2n) is 7.52. The third-order valence-corrected chi connectivity index (χ3v) is 4.99. The molecule has 2 aliphatic rings. The second-order valence-corrected chi connectivity index (χ2v) is 7.52. The first-order valence-electron chi connectivity index (χ1n) is 7.80. The van der Waals surface area contributed by atoms with Gasteiger partial charge in [0.1, 0.15) is 0 Å². The highest BCUT2D eigenvalue weighted by Gasteiger charge is 2.48. The number of epoxide rings is 2. The molecular formula is C18H23NO2. The molecule has 0 spiro atoms. The molecule has 1 N–H and O–H groups in total. The summed E-state index contributed by atoms with van der Waals surface area (Å²) < 4.78 is 11.4. The van der Waals surface area contributed by atoms with Crippen molar-refractivity contribution in [3.8, 4) is 0 Å². The smallest absolute Gasteiger partial charge is 0.0908 e. The van der Waals surface area contributed by atoms with Gasteiger partial charge in [0.15, 0.2) is 0 Å². The molecular weight excluding hydrogens is 262 g/mol. The summed E-state index contributed by atoms with van der Waals surface area (Å²) in [7, 11) is 0. The number of hydrogen-bond acceptors (Lipinski definition) is 2. The topological polar surface area (TPSA) is 40.9 Å². The van der Waals surface area contributed by atoms with E-state index in [1.165, 1.54) is 22.0 Å². The number of aromatic nitrogens is 1.